The van der Waals surface area contributed by atoms with Crippen LogP contribution in [0.15, 0.2) is 24.3 Å². The predicted molar refractivity (Wildman–Crippen MR) is 116 cm³/mol. The van der Waals surface area contributed by atoms with E-state index in [-0.39, 0.29) is 30.7 Å². The van der Waals surface area contributed by atoms with E-state index in [2.05, 4.69) is 5.32 Å². The molecule has 0 spiro atoms. The Labute approximate surface area is 187 Å². The van der Waals surface area contributed by atoms with Crippen LogP contribution in [0.25, 0.3) is 0 Å². The second kappa shape index (κ2) is 10.8. The average molecular weight is 452 g/mol. The SMILES string of the molecule is CC(=O)NCC(=O)N1CCCC(COc2cccc(Cl)c2)(CC(=O)N2CCOCC2)C1. The number of carbonyl (C=O) groups excluding carboxylic acids is 3. The molecule has 1 N–H and O–H groups in total. The summed E-state index contributed by atoms with van der Waals surface area (Å²) in [6.07, 6.45) is 1.83. The van der Waals surface area contributed by atoms with Crippen molar-refractivity contribution in [2.24, 2.45) is 5.41 Å². The van der Waals surface area contributed by atoms with Crippen molar-refractivity contribution >= 4 is 29.3 Å². The van der Waals surface area contributed by atoms with Crippen molar-refractivity contribution in [3.8, 4) is 5.75 Å². The van der Waals surface area contributed by atoms with Gasteiger partial charge < -0.3 is 24.6 Å². The molecule has 8 nitrogen and oxygen atoms in total. The van der Waals surface area contributed by atoms with Crippen LogP contribution >= 0.6 is 11.6 Å². The minimum atomic E-state index is -0.512. The van der Waals surface area contributed by atoms with Gasteiger partial charge in [0.1, 0.15) is 5.75 Å². The molecule has 0 aromatic heterocycles. The van der Waals surface area contributed by atoms with Gasteiger partial charge in [-0.2, -0.15) is 0 Å². The minimum absolute atomic E-state index is 0.0437. The molecular weight excluding hydrogens is 422 g/mol. The number of halogens is 1. The summed E-state index contributed by atoms with van der Waals surface area (Å²) in [5.41, 5.74) is -0.512. The van der Waals surface area contributed by atoms with Crippen LogP contribution in [-0.2, 0) is 19.1 Å². The zero-order chi connectivity index (χ0) is 22.3. The molecule has 2 aliphatic heterocycles. The molecule has 2 aliphatic rings. The Morgan fingerprint density at radius 2 is 1.94 bits per heavy atom. The summed E-state index contributed by atoms with van der Waals surface area (Å²) in [6, 6.07) is 7.15. The lowest BCUT2D eigenvalue weighted by Gasteiger charge is -2.43. The molecule has 1 atom stereocenters. The van der Waals surface area contributed by atoms with Crippen molar-refractivity contribution in [3.05, 3.63) is 29.3 Å². The molecule has 3 rings (SSSR count). The van der Waals surface area contributed by atoms with Crippen LogP contribution in [0.4, 0.5) is 0 Å². The zero-order valence-electron chi connectivity index (χ0n) is 17.9. The van der Waals surface area contributed by atoms with Gasteiger partial charge >= 0.3 is 0 Å². The number of piperidine rings is 1. The van der Waals surface area contributed by atoms with E-state index < -0.39 is 5.41 Å². The molecule has 1 aromatic rings. The Balaban J connectivity index is 1.73. The van der Waals surface area contributed by atoms with Gasteiger partial charge in [0.05, 0.1) is 26.4 Å². The molecule has 170 valence electrons. The normalized spacial score (nSPS) is 21.5. The summed E-state index contributed by atoms with van der Waals surface area (Å²) in [7, 11) is 0. The third kappa shape index (κ3) is 6.83. The molecule has 2 saturated heterocycles. The maximum absolute atomic E-state index is 13.1. The molecule has 31 heavy (non-hydrogen) atoms. The quantitative estimate of drug-likeness (QED) is 0.681. The van der Waals surface area contributed by atoms with Crippen molar-refractivity contribution in [1.29, 1.82) is 0 Å². The minimum Gasteiger partial charge on any atom is -0.493 e. The molecular formula is C22H30ClN3O5. The van der Waals surface area contributed by atoms with Crippen molar-refractivity contribution in [2.45, 2.75) is 26.2 Å². The highest BCUT2D eigenvalue weighted by atomic mass is 35.5. The molecule has 3 amide bonds. The second-order valence-electron chi connectivity index (χ2n) is 8.24. The van der Waals surface area contributed by atoms with Gasteiger partial charge in [0.25, 0.3) is 0 Å². The van der Waals surface area contributed by atoms with Crippen LogP contribution in [0.1, 0.15) is 26.2 Å². The number of hydrogen-bond donors (Lipinski definition) is 1. The number of nitrogens with zero attached hydrogens (tertiary/aromatic N) is 2. The number of amides is 3. The van der Waals surface area contributed by atoms with E-state index in [1.165, 1.54) is 6.92 Å². The van der Waals surface area contributed by atoms with Gasteiger partial charge in [0.15, 0.2) is 0 Å². The third-order valence-corrected chi connectivity index (χ3v) is 5.97. The first-order valence-corrected chi connectivity index (χ1v) is 11.0. The molecule has 9 heteroatoms. The highest BCUT2D eigenvalue weighted by molar-refractivity contribution is 6.30. The zero-order valence-corrected chi connectivity index (χ0v) is 18.7. The Morgan fingerprint density at radius 3 is 2.65 bits per heavy atom. The number of benzene rings is 1. The standard InChI is InChI=1S/C22H30ClN3O5/c1-17(27)24-14-21(29)26-7-3-6-22(15-26,13-20(28)25-8-10-30-11-9-25)16-31-19-5-2-4-18(23)12-19/h2,4-5,12H,3,6-11,13-16H2,1H3,(H,24,27). The Morgan fingerprint density at radius 1 is 1.16 bits per heavy atom. The summed E-state index contributed by atoms with van der Waals surface area (Å²) in [6.45, 7) is 4.88. The first kappa shape index (κ1) is 23.3. The maximum Gasteiger partial charge on any atom is 0.241 e. The van der Waals surface area contributed by atoms with Crippen molar-refractivity contribution in [3.63, 3.8) is 0 Å². The summed E-state index contributed by atoms with van der Waals surface area (Å²) < 4.78 is 11.4. The fourth-order valence-corrected chi connectivity index (χ4v) is 4.26. The fraction of sp³-hybridized carbons (Fsp3) is 0.591. The molecule has 0 bridgehead atoms. The van der Waals surface area contributed by atoms with E-state index >= 15 is 0 Å². The summed E-state index contributed by atoms with van der Waals surface area (Å²) in [4.78, 5) is 40.4. The van der Waals surface area contributed by atoms with Gasteiger partial charge in [-0.05, 0) is 31.0 Å². The lowest BCUT2D eigenvalue weighted by Crippen LogP contribution is -2.53. The molecule has 0 aliphatic carbocycles. The molecule has 0 radical (unpaired) electrons. The number of carbonyl (C=O) groups is 3. The van der Waals surface area contributed by atoms with E-state index in [0.29, 0.717) is 56.8 Å². The molecule has 1 unspecified atom stereocenters. The van der Waals surface area contributed by atoms with Gasteiger partial charge in [-0.1, -0.05) is 17.7 Å². The molecule has 2 heterocycles. The van der Waals surface area contributed by atoms with E-state index in [0.717, 1.165) is 12.8 Å². The van der Waals surface area contributed by atoms with Gasteiger partial charge in [0, 0.05) is 50.0 Å². The van der Waals surface area contributed by atoms with Crippen molar-refractivity contribution in [1.82, 2.24) is 15.1 Å². The van der Waals surface area contributed by atoms with Crippen molar-refractivity contribution in [2.75, 3.05) is 52.5 Å². The predicted octanol–water partition coefficient (Wildman–Crippen LogP) is 1.71. The van der Waals surface area contributed by atoms with Crippen LogP contribution in [0.5, 0.6) is 5.75 Å². The number of hydrogen-bond acceptors (Lipinski definition) is 5. The monoisotopic (exact) mass is 451 g/mol. The van der Waals surface area contributed by atoms with E-state index in [4.69, 9.17) is 21.1 Å². The van der Waals surface area contributed by atoms with Crippen LogP contribution < -0.4 is 10.1 Å². The van der Waals surface area contributed by atoms with Gasteiger partial charge in [-0.25, -0.2) is 0 Å². The average Bonchev–Trinajstić information content (AvgIpc) is 2.77. The van der Waals surface area contributed by atoms with Gasteiger partial charge in [0.2, 0.25) is 17.7 Å². The van der Waals surface area contributed by atoms with Gasteiger partial charge in [-0.15, -0.1) is 0 Å². The smallest absolute Gasteiger partial charge is 0.241 e. The summed E-state index contributed by atoms with van der Waals surface area (Å²) >= 11 is 6.07. The Hall–Kier alpha value is -2.32. The van der Waals surface area contributed by atoms with E-state index in [9.17, 15) is 14.4 Å². The van der Waals surface area contributed by atoms with Crippen LogP contribution in [-0.4, -0.2) is 80.1 Å². The molecule has 2 fully saturated rings. The summed E-state index contributed by atoms with van der Waals surface area (Å²) in [5.74, 6) is 0.283. The van der Waals surface area contributed by atoms with Crippen LogP contribution in [0.2, 0.25) is 5.02 Å². The number of rotatable bonds is 7. The van der Waals surface area contributed by atoms with Crippen LogP contribution in [0, 0.1) is 5.41 Å². The fourth-order valence-electron chi connectivity index (χ4n) is 4.08. The number of likely N-dealkylation sites (tertiary alicyclic amines) is 1. The molecule has 1 aromatic carbocycles. The van der Waals surface area contributed by atoms with Gasteiger partial charge in [-0.3, -0.25) is 14.4 Å². The van der Waals surface area contributed by atoms with E-state index in [1.54, 1.807) is 17.0 Å². The lowest BCUT2D eigenvalue weighted by atomic mass is 9.77. The van der Waals surface area contributed by atoms with Crippen LogP contribution in [0.3, 0.4) is 0 Å². The highest BCUT2D eigenvalue weighted by Crippen LogP contribution is 2.35. The third-order valence-electron chi connectivity index (χ3n) is 5.73. The number of nitrogens with one attached hydrogen (secondary N) is 1. The highest BCUT2D eigenvalue weighted by Gasteiger charge is 2.41. The van der Waals surface area contributed by atoms with E-state index in [1.807, 2.05) is 17.0 Å². The number of morpholine rings is 1. The first-order valence-electron chi connectivity index (χ1n) is 10.6. The molecule has 0 saturated carbocycles. The lowest BCUT2D eigenvalue weighted by molar-refractivity contribution is -0.143. The Bertz CT molecular complexity index is 799. The maximum atomic E-state index is 13.1. The largest absolute Gasteiger partial charge is 0.493 e. The summed E-state index contributed by atoms with van der Waals surface area (Å²) in [5, 5.41) is 3.14. The second-order valence-corrected chi connectivity index (χ2v) is 8.68. The van der Waals surface area contributed by atoms with Crippen molar-refractivity contribution < 1.29 is 23.9 Å². The number of ether oxygens (including phenoxy) is 2. The Kier molecular flexibility index (Phi) is 8.15. The topological polar surface area (TPSA) is 88.2 Å². The first-order chi connectivity index (χ1) is 14.9.